The fraction of sp³-hybridized carbons (Fsp3) is 0.364. The second kappa shape index (κ2) is 7.24. The van der Waals surface area contributed by atoms with Crippen molar-refractivity contribution in [3.05, 3.63) is 65.5 Å². The van der Waals surface area contributed by atoms with Crippen LogP contribution in [0.1, 0.15) is 31.4 Å². The molecule has 2 aromatic rings. The maximum Gasteiger partial charge on any atom is 0.268 e. The number of carbonyl (C=O) groups is 2. The van der Waals surface area contributed by atoms with E-state index in [2.05, 4.69) is 0 Å². The summed E-state index contributed by atoms with van der Waals surface area (Å²) in [6.07, 6.45) is 0.418. The zero-order valence-corrected chi connectivity index (χ0v) is 16.8. The largest absolute Gasteiger partial charge is 0.315 e. The van der Waals surface area contributed by atoms with Gasteiger partial charge in [0.15, 0.2) is 4.87 Å². The van der Waals surface area contributed by atoms with Crippen LogP contribution in [0.2, 0.25) is 0 Å². The lowest BCUT2D eigenvalue weighted by Gasteiger charge is -2.33. The molecule has 2 heterocycles. The van der Waals surface area contributed by atoms with Crippen molar-refractivity contribution in [3.8, 4) is 0 Å². The van der Waals surface area contributed by atoms with Gasteiger partial charge in [-0.1, -0.05) is 44.2 Å². The molecule has 0 unspecified atom stereocenters. The molecule has 4 rings (SSSR count). The molecule has 28 heavy (non-hydrogen) atoms. The van der Waals surface area contributed by atoms with E-state index in [0.29, 0.717) is 13.0 Å². The third-order valence-electron chi connectivity index (χ3n) is 5.21. The Morgan fingerprint density at radius 3 is 2.75 bits per heavy atom. The van der Waals surface area contributed by atoms with E-state index >= 15 is 0 Å². The van der Waals surface area contributed by atoms with Gasteiger partial charge in [0.05, 0.1) is 12.2 Å². The molecule has 0 bridgehead atoms. The van der Waals surface area contributed by atoms with Gasteiger partial charge in [0, 0.05) is 24.3 Å². The number of amides is 2. The Labute approximate surface area is 168 Å². The number of para-hydroxylation sites is 1. The van der Waals surface area contributed by atoms with Gasteiger partial charge < -0.3 is 9.80 Å². The molecule has 0 N–H and O–H groups in total. The Balaban J connectivity index is 1.75. The van der Waals surface area contributed by atoms with Gasteiger partial charge in [-0.25, -0.2) is 4.39 Å². The van der Waals surface area contributed by atoms with Gasteiger partial charge in [-0.15, -0.1) is 11.8 Å². The number of halogens is 1. The highest BCUT2D eigenvalue weighted by atomic mass is 32.2. The van der Waals surface area contributed by atoms with Gasteiger partial charge in [-0.3, -0.25) is 9.59 Å². The van der Waals surface area contributed by atoms with E-state index < -0.39 is 4.87 Å². The Morgan fingerprint density at radius 2 is 2.00 bits per heavy atom. The average molecular weight is 399 g/mol. The monoisotopic (exact) mass is 398 g/mol. The van der Waals surface area contributed by atoms with Crippen LogP contribution in [0.3, 0.4) is 0 Å². The number of thioether (sulfide) groups is 1. The van der Waals surface area contributed by atoms with Gasteiger partial charge in [0.1, 0.15) is 5.82 Å². The number of carbonyl (C=O) groups excluding carboxylic acids is 2. The molecule has 0 saturated carbocycles. The van der Waals surface area contributed by atoms with Crippen molar-refractivity contribution >= 4 is 29.3 Å². The summed E-state index contributed by atoms with van der Waals surface area (Å²) in [4.78, 5) is 29.1. The van der Waals surface area contributed by atoms with E-state index in [9.17, 15) is 14.0 Å². The first kappa shape index (κ1) is 19.0. The van der Waals surface area contributed by atoms with E-state index in [1.807, 2.05) is 44.2 Å². The summed E-state index contributed by atoms with van der Waals surface area (Å²) in [5.74, 6) is 0.521. The molecule has 1 fully saturated rings. The highest BCUT2D eigenvalue weighted by Gasteiger charge is 2.59. The third-order valence-corrected chi connectivity index (χ3v) is 6.63. The summed E-state index contributed by atoms with van der Waals surface area (Å²) >= 11 is 1.52. The lowest BCUT2D eigenvalue weighted by molar-refractivity contribution is -0.140. The number of fused-ring (bicyclic) bond motifs is 2. The first-order valence-corrected chi connectivity index (χ1v) is 10.5. The van der Waals surface area contributed by atoms with Crippen LogP contribution >= 0.6 is 11.8 Å². The summed E-state index contributed by atoms with van der Waals surface area (Å²) in [7, 11) is 0. The fourth-order valence-corrected chi connectivity index (χ4v) is 5.54. The Bertz CT molecular complexity index is 932. The van der Waals surface area contributed by atoms with Crippen LogP contribution in [0, 0.1) is 11.7 Å². The fourth-order valence-electron chi connectivity index (χ4n) is 4.06. The van der Waals surface area contributed by atoms with E-state index in [-0.39, 0.29) is 30.1 Å². The smallest absolute Gasteiger partial charge is 0.268 e. The second-order valence-corrected chi connectivity index (χ2v) is 8.96. The molecule has 6 heteroatoms. The minimum atomic E-state index is -1.00. The lowest BCUT2D eigenvalue weighted by atomic mass is 10.0. The van der Waals surface area contributed by atoms with E-state index in [4.69, 9.17) is 0 Å². The van der Waals surface area contributed by atoms with Gasteiger partial charge in [0.2, 0.25) is 5.91 Å². The van der Waals surface area contributed by atoms with Crippen molar-refractivity contribution in [1.82, 2.24) is 4.90 Å². The number of hydrogen-bond acceptors (Lipinski definition) is 3. The zero-order valence-electron chi connectivity index (χ0n) is 16.0. The van der Waals surface area contributed by atoms with Crippen molar-refractivity contribution < 1.29 is 14.0 Å². The topological polar surface area (TPSA) is 40.6 Å². The molecule has 2 aliphatic heterocycles. The van der Waals surface area contributed by atoms with Gasteiger partial charge >= 0.3 is 0 Å². The lowest BCUT2D eigenvalue weighted by Crippen LogP contribution is -2.50. The molecule has 1 spiro atoms. The maximum atomic E-state index is 13.7. The maximum absolute atomic E-state index is 13.7. The molecule has 1 saturated heterocycles. The Hall–Kier alpha value is -2.34. The molecule has 0 radical (unpaired) electrons. The molecule has 0 aliphatic carbocycles. The number of hydrogen-bond donors (Lipinski definition) is 0. The summed E-state index contributed by atoms with van der Waals surface area (Å²) < 4.78 is 13.7. The van der Waals surface area contributed by atoms with Crippen molar-refractivity contribution in [1.29, 1.82) is 0 Å². The number of nitrogens with zero attached hydrogens (tertiary/aromatic N) is 2. The molecular formula is C22H23FN2O2S. The minimum absolute atomic E-state index is 0.00996. The van der Waals surface area contributed by atoms with Crippen molar-refractivity contribution in [2.24, 2.45) is 5.92 Å². The standard InChI is InChI=1S/C22H23FN2O2S/c1-15(2)12-20(26)25-10-11-28-22(25)18-8-3-4-9-19(18)24(21(22)27)14-16-6-5-7-17(23)13-16/h3-9,13,15H,10-12,14H2,1-2H3/t22-/m0/s1. The molecule has 146 valence electrons. The molecule has 2 aromatic carbocycles. The average Bonchev–Trinajstić information content (AvgIpc) is 3.19. The van der Waals surface area contributed by atoms with Crippen LogP contribution in [0.25, 0.3) is 0 Å². The number of anilines is 1. The predicted molar refractivity (Wildman–Crippen MR) is 109 cm³/mol. The molecular weight excluding hydrogens is 375 g/mol. The summed E-state index contributed by atoms with van der Waals surface area (Å²) in [5.41, 5.74) is 2.38. The summed E-state index contributed by atoms with van der Waals surface area (Å²) in [6, 6.07) is 13.9. The molecule has 0 aromatic heterocycles. The van der Waals surface area contributed by atoms with E-state index in [1.54, 1.807) is 15.9 Å². The summed E-state index contributed by atoms with van der Waals surface area (Å²) in [5, 5.41) is 0. The van der Waals surface area contributed by atoms with Gasteiger partial charge in [-0.2, -0.15) is 0 Å². The first-order valence-electron chi connectivity index (χ1n) is 9.54. The predicted octanol–water partition coefficient (Wildman–Crippen LogP) is 4.15. The Morgan fingerprint density at radius 1 is 1.21 bits per heavy atom. The van der Waals surface area contributed by atoms with Crippen LogP contribution < -0.4 is 4.90 Å². The van der Waals surface area contributed by atoms with Crippen molar-refractivity contribution in [3.63, 3.8) is 0 Å². The first-order chi connectivity index (χ1) is 13.4. The minimum Gasteiger partial charge on any atom is -0.315 e. The Kier molecular flexibility index (Phi) is 4.91. The van der Waals surface area contributed by atoms with Crippen LogP contribution in [0.5, 0.6) is 0 Å². The van der Waals surface area contributed by atoms with E-state index in [1.165, 1.54) is 23.9 Å². The van der Waals surface area contributed by atoms with Crippen LogP contribution in [0.4, 0.5) is 10.1 Å². The highest BCUT2D eigenvalue weighted by Crippen LogP contribution is 2.54. The third kappa shape index (κ3) is 3.00. The normalized spacial score (nSPS) is 21.1. The second-order valence-electron chi connectivity index (χ2n) is 7.67. The zero-order chi connectivity index (χ0) is 19.9. The molecule has 4 nitrogen and oxygen atoms in total. The summed E-state index contributed by atoms with van der Waals surface area (Å²) in [6.45, 7) is 4.86. The van der Waals surface area contributed by atoms with Crippen LogP contribution in [-0.2, 0) is 21.0 Å². The quantitative estimate of drug-likeness (QED) is 0.777. The van der Waals surface area contributed by atoms with Crippen LogP contribution in [0.15, 0.2) is 48.5 Å². The van der Waals surface area contributed by atoms with Crippen molar-refractivity contribution in [2.45, 2.75) is 31.7 Å². The SMILES string of the molecule is CC(C)CC(=O)N1CCS[C@@]12C(=O)N(Cc1cccc(F)c1)c1ccccc12. The molecule has 2 amide bonds. The van der Waals surface area contributed by atoms with E-state index in [0.717, 1.165) is 22.6 Å². The highest BCUT2D eigenvalue weighted by molar-refractivity contribution is 8.01. The number of rotatable bonds is 4. The molecule has 1 atom stereocenters. The van der Waals surface area contributed by atoms with Gasteiger partial charge in [-0.05, 0) is 29.7 Å². The van der Waals surface area contributed by atoms with Crippen LogP contribution in [-0.4, -0.2) is 29.0 Å². The van der Waals surface area contributed by atoms with Gasteiger partial charge in [0.25, 0.3) is 5.91 Å². The van der Waals surface area contributed by atoms with Crippen molar-refractivity contribution in [2.75, 3.05) is 17.2 Å². The number of benzene rings is 2. The molecule has 2 aliphatic rings.